The lowest BCUT2D eigenvalue weighted by atomic mass is 10.1. The molecular weight excluding hydrogens is 326 g/mol. The number of anilines is 2. The molecule has 0 saturated heterocycles. The van der Waals surface area contributed by atoms with Gasteiger partial charge >= 0.3 is 0 Å². The van der Waals surface area contributed by atoms with Crippen LogP contribution in [-0.2, 0) is 4.79 Å². The second-order valence-corrected chi connectivity index (χ2v) is 7.72. The van der Waals surface area contributed by atoms with Crippen LogP contribution in [-0.4, -0.2) is 5.91 Å². The Kier molecular flexibility index (Phi) is 6.57. The number of unbranched alkanes of at least 4 members (excludes halogenated alkanes) is 6. The molecule has 0 atom stereocenters. The van der Waals surface area contributed by atoms with Crippen molar-refractivity contribution >= 4 is 29.0 Å². The van der Waals surface area contributed by atoms with Gasteiger partial charge in [-0.1, -0.05) is 81.5 Å². The van der Waals surface area contributed by atoms with Crippen LogP contribution in [0.1, 0.15) is 58.3 Å². The minimum Gasteiger partial charge on any atom is -0.279 e. The van der Waals surface area contributed by atoms with Gasteiger partial charge in [0.05, 0.1) is 11.4 Å². The summed E-state index contributed by atoms with van der Waals surface area (Å²) in [6.07, 6.45) is 9.25. The third-order valence-electron chi connectivity index (χ3n) is 4.68. The molecule has 0 aromatic heterocycles. The molecule has 25 heavy (non-hydrogen) atoms. The molecule has 1 amide bonds. The highest BCUT2D eigenvalue weighted by atomic mass is 32.2. The number of carbonyl (C=O) groups is 1. The normalized spacial score (nSPS) is 12.6. The zero-order chi connectivity index (χ0) is 17.5. The standard InChI is InChI=1S/C22H27NOS/c1-2-3-4-5-6-7-8-17-22(24)23-18-13-9-11-15-20(18)25-21-16-12-10-14-19(21)23/h9-16H,2-8,17H2,1H3. The quantitative estimate of drug-likeness (QED) is 0.478. The van der Waals surface area contributed by atoms with Gasteiger partial charge in [-0.2, -0.15) is 0 Å². The molecule has 0 saturated carbocycles. The van der Waals surface area contributed by atoms with E-state index in [1.807, 2.05) is 29.2 Å². The average Bonchev–Trinajstić information content (AvgIpc) is 2.65. The van der Waals surface area contributed by atoms with Crippen LogP contribution in [0.25, 0.3) is 0 Å². The highest BCUT2D eigenvalue weighted by Gasteiger charge is 2.27. The van der Waals surface area contributed by atoms with Crippen molar-refractivity contribution in [2.75, 3.05) is 4.90 Å². The summed E-state index contributed by atoms with van der Waals surface area (Å²) in [6.45, 7) is 2.24. The Bertz CT molecular complexity index is 667. The molecule has 0 N–H and O–H groups in total. The first-order valence-corrected chi connectivity index (χ1v) is 10.3. The summed E-state index contributed by atoms with van der Waals surface area (Å²) in [5, 5.41) is 0. The summed E-state index contributed by atoms with van der Waals surface area (Å²) < 4.78 is 0. The first-order chi connectivity index (χ1) is 12.3. The Morgan fingerprint density at radius 1 is 0.800 bits per heavy atom. The van der Waals surface area contributed by atoms with Crippen LogP contribution in [0, 0.1) is 0 Å². The van der Waals surface area contributed by atoms with E-state index in [2.05, 4.69) is 31.2 Å². The Hall–Kier alpha value is -1.74. The molecule has 3 rings (SSSR count). The molecular formula is C22H27NOS. The minimum atomic E-state index is 0.216. The molecule has 0 radical (unpaired) electrons. The van der Waals surface area contributed by atoms with E-state index in [1.54, 1.807) is 11.8 Å². The van der Waals surface area contributed by atoms with E-state index >= 15 is 0 Å². The highest BCUT2D eigenvalue weighted by molar-refractivity contribution is 7.99. The van der Waals surface area contributed by atoms with Crippen molar-refractivity contribution in [2.24, 2.45) is 0 Å². The lowest BCUT2D eigenvalue weighted by molar-refractivity contribution is -0.118. The molecule has 0 bridgehead atoms. The zero-order valence-corrected chi connectivity index (χ0v) is 15.9. The molecule has 1 aliphatic heterocycles. The molecule has 1 aliphatic rings. The Morgan fingerprint density at radius 3 is 1.92 bits per heavy atom. The van der Waals surface area contributed by atoms with E-state index in [-0.39, 0.29) is 5.91 Å². The largest absolute Gasteiger partial charge is 0.279 e. The number of rotatable bonds is 8. The molecule has 0 spiro atoms. The van der Waals surface area contributed by atoms with Crippen LogP contribution in [0.4, 0.5) is 11.4 Å². The minimum absolute atomic E-state index is 0.216. The third kappa shape index (κ3) is 4.46. The van der Waals surface area contributed by atoms with Gasteiger partial charge in [0.1, 0.15) is 0 Å². The topological polar surface area (TPSA) is 20.3 Å². The van der Waals surface area contributed by atoms with Crippen LogP contribution >= 0.6 is 11.8 Å². The third-order valence-corrected chi connectivity index (χ3v) is 5.81. The maximum Gasteiger partial charge on any atom is 0.231 e. The van der Waals surface area contributed by atoms with Gasteiger partial charge in [0.2, 0.25) is 5.91 Å². The van der Waals surface area contributed by atoms with Crippen LogP contribution in [0.15, 0.2) is 58.3 Å². The number of nitrogens with zero attached hydrogens (tertiary/aromatic N) is 1. The first kappa shape index (κ1) is 18.1. The summed E-state index contributed by atoms with van der Waals surface area (Å²) in [5.74, 6) is 0.216. The van der Waals surface area contributed by atoms with Crippen molar-refractivity contribution in [2.45, 2.75) is 68.1 Å². The van der Waals surface area contributed by atoms with E-state index in [0.29, 0.717) is 6.42 Å². The Morgan fingerprint density at radius 2 is 1.32 bits per heavy atom. The van der Waals surface area contributed by atoms with E-state index < -0.39 is 0 Å². The summed E-state index contributed by atoms with van der Waals surface area (Å²) in [5.41, 5.74) is 2.05. The zero-order valence-electron chi connectivity index (χ0n) is 15.0. The number of amides is 1. The summed E-state index contributed by atoms with van der Waals surface area (Å²) in [7, 11) is 0. The maximum absolute atomic E-state index is 13.0. The fourth-order valence-corrected chi connectivity index (χ4v) is 4.38. The average molecular weight is 354 g/mol. The van der Waals surface area contributed by atoms with Crippen molar-refractivity contribution in [3.05, 3.63) is 48.5 Å². The van der Waals surface area contributed by atoms with Crippen LogP contribution < -0.4 is 4.90 Å². The van der Waals surface area contributed by atoms with E-state index in [1.165, 1.54) is 32.1 Å². The molecule has 132 valence electrons. The van der Waals surface area contributed by atoms with Crippen molar-refractivity contribution in [3.8, 4) is 0 Å². The van der Waals surface area contributed by atoms with Gasteiger partial charge in [-0.25, -0.2) is 0 Å². The van der Waals surface area contributed by atoms with Gasteiger partial charge in [-0.15, -0.1) is 0 Å². The fourth-order valence-electron chi connectivity index (χ4n) is 3.32. The molecule has 2 aromatic rings. The number of para-hydroxylation sites is 2. The second-order valence-electron chi connectivity index (χ2n) is 6.64. The van der Waals surface area contributed by atoms with Crippen molar-refractivity contribution in [1.82, 2.24) is 0 Å². The predicted octanol–water partition coefficient (Wildman–Crippen LogP) is 6.96. The molecule has 2 aromatic carbocycles. The lowest BCUT2D eigenvalue weighted by Crippen LogP contribution is -2.28. The number of carbonyl (C=O) groups excluding carboxylic acids is 1. The summed E-state index contributed by atoms with van der Waals surface area (Å²) in [4.78, 5) is 17.2. The predicted molar refractivity (Wildman–Crippen MR) is 107 cm³/mol. The van der Waals surface area contributed by atoms with Crippen molar-refractivity contribution < 1.29 is 4.79 Å². The number of benzene rings is 2. The smallest absolute Gasteiger partial charge is 0.231 e. The van der Waals surface area contributed by atoms with Crippen molar-refractivity contribution in [1.29, 1.82) is 0 Å². The van der Waals surface area contributed by atoms with Gasteiger partial charge in [0.25, 0.3) is 0 Å². The van der Waals surface area contributed by atoms with Crippen molar-refractivity contribution in [3.63, 3.8) is 0 Å². The van der Waals surface area contributed by atoms with Gasteiger partial charge < -0.3 is 0 Å². The number of fused-ring (bicyclic) bond motifs is 2. The van der Waals surface area contributed by atoms with Crippen LogP contribution in [0.2, 0.25) is 0 Å². The Balaban J connectivity index is 1.64. The van der Waals surface area contributed by atoms with E-state index in [9.17, 15) is 4.79 Å². The van der Waals surface area contributed by atoms with E-state index in [4.69, 9.17) is 0 Å². The Labute approximate surface area is 155 Å². The molecule has 2 nitrogen and oxygen atoms in total. The van der Waals surface area contributed by atoms with Gasteiger partial charge in [0, 0.05) is 16.2 Å². The number of hydrogen-bond donors (Lipinski definition) is 0. The van der Waals surface area contributed by atoms with Gasteiger partial charge in [-0.05, 0) is 30.7 Å². The van der Waals surface area contributed by atoms with E-state index in [0.717, 1.165) is 34.0 Å². The molecule has 0 aliphatic carbocycles. The second kappa shape index (κ2) is 9.10. The summed E-state index contributed by atoms with van der Waals surface area (Å²) >= 11 is 1.75. The van der Waals surface area contributed by atoms with Gasteiger partial charge in [0.15, 0.2) is 0 Å². The SMILES string of the molecule is CCCCCCCCCC(=O)N1c2ccccc2Sc2ccccc21. The lowest BCUT2D eigenvalue weighted by Gasteiger charge is -2.31. The number of hydrogen-bond acceptors (Lipinski definition) is 2. The molecule has 3 heteroatoms. The maximum atomic E-state index is 13.0. The molecule has 0 unspecified atom stereocenters. The highest BCUT2D eigenvalue weighted by Crippen LogP contribution is 2.48. The monoisotopic (exact) mass is 353 g/mol. The van der Waals surface area contributed by atoms with Gasteiger partial charge in [-0.3, -0.25) is 9.69 Å². The van der Waals surface area contributed by atoms with Crippen LogP contribution in [0.3, 0.4) is 0 Å². The summed E-state index contributed by atoms with van der Waals surface area (Å²) in [6, 6.07) is 16.4. The first-order valence-electron chi connectivity index (χ1n) is 9.50. The van der Waals surface area contributed by atoms with Crippen LogP contribution in [0.5, 0.6) is 0 Å². The molecule has 1 heterocycles. The molecule has 0 fully saturated rings. The fraction of sp³-hybridized carbons (Fsp3) is 0.409.